The summed E-state index contributed by atoms with van der Waals surface area (Å²) >= 11 is 7.67. The Bertz CT molecular complexity index is 1320. The molecule has 0 saturated heterocycles. The van der Waals surface area contributed by atoms with Gasteiger partial charge in [-0.15, -0.1) is 11.8 Å². The summed E-state index contributed by atoms with van der Waals surface area (Å²) in [6.07, 6.45) is -5.13. The Morgan fingerprint density at radius 2 is 1.73 bits per heavy atom. The molecule has 3 aromatic carbocycles. The van der Waals surface area contributed by atoms with Crippen LogP contribution >= 0.6 is 23.4 Å². The van der Waals surface area contributed by atoms with E-state index in [1.54, 1.807) is 17.0 Å². The first-order chi connectivity index (χ1) is 17.3. The summed E-state index contributed by atoms with van der Waals surface area (Å²) in [4.78, 5) is 28.0. The number of carbonyl (C=O) groups is 2. The first-order valence-corrected chi connectivity index (χ1v) is 13.1. The molecule has 37 heavy (non-hydrogen) atoms. The van der Waals surface area contributed by atoms with E-state index in [2.05, 4.69) is 4.74 Å². The van der Waals surface area contributed by atoms with Gasteiger partial charge in [0.25, 0.3) is 0 Å². The minimum atomic E-state index is -4.65. The number of carbonyl (C=O) groups excluding carboxylic acids is 2. The van der Waals surface area contributed by atoms with Crippen molar-refractivity contribution in [1.82, 2.24) is 0 Å². The maximum absolute atomic E-state index is 13.9. The second-order valence-corrected chi connectivity index (χ2v) is 12.0. The molecule has 0 fully saturated rings. The molecule has 0 saturated carbocycles. The Balaban J connectivity index is 1.84. The molecule has 196 valence electrons. The first kappa shape index (κ1) is 27.3. The standard InChI is InChI=1S/C28H27ClF3NO3S/c1-27(2,3)15-33-22-12-11-18(29)13-21(22)25(20-10-6-8-17-7-4-5-9-19(17)20)37-23(26(33)35)14-24(34)36-16-28(30,31)32/h4-13,23,25H,14-16H2,1-3H3/t23-,25-/m0/s1. The van der Waals surface area contributed by atoms with E-state index in [1.165, 1.54) is 11.8 Å². The van der Waals surface area contributed by atoms with Crippen molar-refractivity contribution >= 4 is 51.7 Å². The molecular weight excluding hydrogens is 523 g/mol. The lowest BCUT2D eigenvalue weighted by atomic mass is 9.93. The number of halogens is 4. The molecule has 2 atom stereocenters. The minimum absolute atomic E-state index is 0.294. The van der Waals surface area contributed by atoms with E-state index in [4.69, 9.17) is 11.6 Å². The summed E-state index contributed by atoms with van der Waals surface area (Å²) in [7, 11) is 0. The molecule has 1 heterocycles. The van der Waals surface area contributed by atoms with Crippen molar-refractivity contribution in [1.29, 1.82) is 0 Å². The van der Waals surface area contributed by atoms with E-state index < -0.39 is 35.7 Å². The second kappa shape index (κ2) is 10.6. The van der Waals surface area contributed by atoms with Crippen molar-refractivity contribution in [3.05, 3.63) is 76.8 Å². The van der Waals surface area contributed by atoms with Crippen LogP contribution in [0, 0.1) is 5.41 Å². The Kier molecular flexibility index (Phi) is 7.81. The monoisotopic (exact) mass is 549 g/mol. The highest BCUT2D eigenvalue weighted by Crippen LogP contribution is 2.49. The molecule has 4 rings (SSSR count). The minimum Gasteiger partial charge on any atom is -0.456 e. The van der Waals surface area contributed by atoms with E-state index in [0.717, 1.165) is 21.9 Å². The fourth-order valence-electron chi connectivity index (χ4n) is 4.43. The van der Waals surface area contributed by atoms with Crippen molar-refractivity contribution < 1.29 is 27.5 Å². The molecule has 1 amide bonds. The number of ether oxygens (including phenoxy) is 1. The van der Waals surface area contributed by atoms with Gasteiger partial charge < -0.3 is 9.64 Å². The normalized spacial score (nSPS) is 18.5. The van der Waals surface area contributed by atoms with Crippen LogP contribution in [0.4, 0.5) is 18.9 Å². The third-order valence-corrected chi connectivity index (χ3v) is 7.60. The SMILES string of the molecule is CC(C)(C)CN1C(=O)[C@H](CC(=O)OCC(F)(F)F)S[C@@H](c2cccc3ccccc23)c2cc(Cl)ccc21. The van der Waals surface area contributed by atoms with Gasteiger partial charge in [-0.25, -0.2) is 0 Å². The van der Waals surface area contributed by atoms with Gasteiger partial charge in [-0.2, -0.15) is 13.2 Å². The van der Waals surface area contributed by atoms with Crippen molar-refractivity contribution in [2.24, 2.45) is 5.41 Å². The molecule has 0 aromatic heterocycles. The lowest BCUT2D eigenvalue weighted by Gasteiger charge is -2.31. The van der Waals surface area contributed by atoms with Crippen LogP contribution in [0.5, 0.6) is 0 Å². The molecule has 0 aliphatic carbocycles. The summed E-state index contributed by atoms with van der Waals surface area (Å²) in [6, 6.07) is 19.1. The number of thioether (sulfide) groups is 1. The van der Waals surface area contributed by atoms with Crippen molar-refractivity contribution in [2.75, 3.05) is 18.1 Å². The summed E-state index contributed by atoms with van der Waals surface area (Å²) in [5.41, 5.74) is 2.10. The van der Waals surface area contributed by atoms with Gasteiger partial charge in [0.15, 0.2) is 6.61 Å². The topological polar surface area (TPSA) is 46.6 Å². The zero-order valence-electron chi connectivity index (χ0n) is 20.6. The van der Waals surface area contributed by atoms with Gasteiger partial charge in [-0.3, -0.25) is 9.59 Å². The smallest absolute Gasteiger partial charge is 0.422 e. The molecule has 1 aliphatic heterocycles. The maximum Gasteiger partial charge on any atom is 0.422 e. The van der Waals surface area contributed by atoms with Gasteiger partial charge >= 0.3 is 12.1 Å². The van der Waals surface area contributed by atoms with Gasteiger partial charge in [0.1, 0.15) is 0 Å². The molecular formula is C28H27ClF3NO3S. The quantitative estimate of drug-likeness (QED) is 0.308. The molecule has 9 heteroatoms. The third-order valence-electron chi connectivity index (χ3n) is 5.89. The number of esters is 1. The second-order valence-electron chi connectivity index (χ2n) is 10.2. The van der Waals surface area contributed by atoms with Crippen LogP contribution < -0.4 is 4.90 Å². The Hall–Kier alpha value is -2.71. The van der Waals surface area contributed by atoms with Gasteiger partial charge in [-0.05, 0) is 45.5 Å². The summed E-state index contributed by atoms with van der Waals surface area (Å²) < 4.78 is 42.5. The molecule has 0 unspecified atom stereocenters. The average molecular weight is 550 g/mol. The Morgan fingerprint density at radius 3 is 2.43 bits per heavy atom. The number of anilines is 1. The Morgan fingerprint density at radius 1 is 1.03 bits per heavy atom. The molecule has 0 N–H and O–H groups in total. The van der Waals surface area contributed by atoms with Crippen LogP contribution in [0.1, 0.15) is 43.6 Å². The average Bonchev–Trinajstić information content (AvgIpc) is 2.91. The number of hydrogen-bond acceptors (Lipinski definition) is 4. The van der Waals surface area contributed by atoms with E-state index in [0.29, 0.717) is 17.3 Å². The number of alkyl halides is 3. The summed E-state index contributed by atoms with van der Waals surface area (Å²) in [5.74, 6) is -1.42. The van der Waals surface area contributed by atoms with E-state index in [1.807, 2.05) is 69.3 Å². The van der Waals surface area contributed by atoms with Crippen LogP contribution in [-0.4, -0.2) is 36.5 Å². The first-order valence-electron chi connectivity index (χ1n) is 11.8. The van der Waals surface area contributed by atoms with Crippen LogP contribution in [-0.2, 0) is 14.3 Å². The number of amides is 1. The molecule has 0 bridgehead atoms. The van der Waals surface area contributed by atoms with Gasteiger partial charge in [0, 0.05) is 17.3 Å². The van der Waals surface area contributed by atoms with Crippen molar-refractivity contribution in [3.8, 4) is 0 Å². The van der Waals surface area contributed by atoms with Gasteiger partial charge in [0.05, 0.1) is 16.9 Å². The number of rotatable bonds is 5. The molecule has 4 nitrogen and oxygen atoms in total. The fraction of sp³-hybridized carbons (Fsp3) is 0.357. The van der Waals surface area contributed by atoms with Crippen LogP contribution in [0.3, 0.4) is 0 Å². The van der Waals surface area contributed by atoms with Gasteiger partial charge in [-0.1, -0.05) is 74.8 Å². The maximum atomic E-state index is 13.9. The van der Waals surface area contributed by atoms with E-state index in [9.17, 15) is 22.8 Å². The van der Waals surface area contributed by atoms with Crippen LogP contribution in [0.25, 0.3) is 10.8 Å². The largest absolute Gasteiger partial charge is 0.456 e. The van der Waals surface area contributed by atoms with Crippen LogP contribution in [0.2, 0.25) is 5.02 Å². The number of nitrogens with zero attached hydrogens (tertiary/aromatic N) is 1. The molecule has 3 aromatic rings. The summed E-state index contributed by atoms with van der Waals surface area (Å²) in [5, 5.41) is 1.11. The number of fused-ring (bicyclic) bond motifs is 2. The molecule has 1 aliphatic rings. The highest BCUT2D eigenvalue weighted by molar-refractivity contribution is 8.01. The van der Waals surface area contributed by atoms with Crippen LogP contribution in [0.15, 0.2) is 60.7 Å². The molecule has 0 spiro atoms. The zero-order valence-corrected chi connectivity index (χ0v) is 22.2. The lowest BCUT2D eigenvalue weighted by molar-refractivity contribution is -0.186. The van der Waals surface area contributed by atoms with E-state index in [-0.39, 0.29) is 11.3 Å². The highest BCUT2D eigenvalue weighted by Gasteiger charge is 2.40. The summed E-state index contributed by atoms with van der Waals surface area (Å²) in [6.45, 7) is 4.62. The van der Waals surface area contributed by atoms with Crippen molar-refractivity contribution in [2.45, 2.75) is 43.9 Å². The number of benzene rings is 3. The highest BCUT2D eigenvalue weighted by atomic mass is 35.5. The third kappa shape index (κ3) is 6.60. The molecule has 0 radical (unpaired) electrons. The van der Waals surface area contributed by atoms with Gasteiger partial charge in [0.2, 0.25) is 5.91 Å². The zero-order chi connectivity index (χ0) is 27.0. The van der Waals surface area contributed by atoms with Crippen molar-refractivity contribution in [3.63, 3.8) is 0 Å². The lowest BCUT2D eigenvalue weighted by Crippen LogP contribution is -2.43. The predicted molar refractivity (Wildman–Crippen MR) is 142 cm³/mol. The predicted octanol–water partition coefficient (Wildman–Crippen LogP) is 7.57. The van der Waals surface area contributed by atoms with E-state index >= 15 is 0 Å². The fourth-order valence-corrected chi connectivity index (χ4v) is 6.11. The number of hydrogen-bond donors (Lipinski definition) is 0. The Labute approximate surface area is 223 Å².